The number of nitrogens with two attached hydrogens (primary N) is 1. The highest BCUT2D eigenvalue weighted by molar-refractivity contribution is 7.86. The van der Waals surface area contributed by atoms with Crippen LogP contribution in [0.1, 0.15) is 10.4 Å². The molecule has 0 radical (unpaired) electrons. The second-order valence-corrected chi connectivity index (χ2v) is 3.83. The molecule has 7 nitrogen and oxygen atoms in total. The summed E-state index contributed by atoms with van der Waals surface area (Å²) >= 11 is 0. The molecule has 0 bridgehead atoms. The molecule has 0 saturated carbocycles. The number of aromatic nitrogens is 2. The largest absolute Gasteiger partial charge is 0.365 e. The molecule has 0 aliphatic carbocycles. The van der Waals surface area contributed by atoms with Gasteiger partial charge in [0.05, 0.1) is 6.26 Å². The monoisotopic (exact) mass is 205 g/mol. The van der Waals surface area contributed by atoms with Crippen LogP contribution in [0.2, 0.25) is 0 Å². The van der Waals surface area contributed by atoms with Gasteiger partial charge in [-0.2, -0.15) is 8.42 Å². The number of aromatic amines is 1. The maximum absolute atomic E-state index is 10.7. The fraction of sp³-hybridized carbons (Fsp3) is 0.200. The van der Waals surface area contributed by atoms with Gasteiger partial charge in [-0.15, -0.1) is 5.10 Å². The summed E-state index contributed by atoms with van der Waals surface area (Å²) in [4.78, 5) is 10.7. The first kappa shape index (κ1) is 9.52. The number of hydrogen-bond donors (Lipinski definition) is 2. The maximum Gasteiger partial charge on any atom is 0.307 e. The topological polar surface area (TPSA) is 115 Å². The van der Waals surface area contributed by atoms with Crippen molar-refractivity contribution in [3.63, 3.8) is 0 Å². The SMILES string of the molecule is CS(=O)(=O)Oc1n[nH]cc1C(N)=O. The molecule has 0 saturated heterocycles. The number of primary amides is 1. The lowest BCUT2D eigenvalue weighted by atomic mass is 10.3. The smallest absolute Gasteiger partial charge is 0.307 e. The fourth-order valence-electron chi connectivity index (χ4n) is 0.661. The molecule has 1 amide bonds. The third kappa shape index (κ3) is 2.44. The molecule has 72 valence electrons. The van der Waals surface area contributed by atoms with Crippen molar-refractivity contribution in [3.8, 4) is 5.88 Å². The molecule has 1 aromatic heterocycles. The zero-order chi connectivity index (χ0) is 10.1. The number of amides is 1. The van der Waals surface area contributed by atoms with Crippen molar-refractivity contribution in [3.05, 3.63) is 11.8 Å². The standard InChI is InChI=1S/C5H7N3O4S/c1-13(10,11)12-5-3(4(6)9)2-7-8-5/h2H,1H3,(H2,6,9)(H,7,8). The molecule has 0 spiro atoms. The maximum atomic E-state index is 10.7. The predicted octanol–water partition coefficient (Wildman–Crippen LogP) is -1.15. The van der Waals surface area contributed by atoms with Crippen LogP contribution < -0.4 is 9.92 Å². The predicted molar refractivity (Wildman–Crippen MR) is 42.6 cm³/mol. The Bertz CT molecular complexity index is 421. The minimum atomic E-state index is -3.69. The summed E-state index contributed by atoms with van der Waals surface area (Å²) in [7, 11) is -3.69. The average Bonchev–Trinajstić information content (AvgIpc) is 2.31. The van der Waals surface area contributed by atoms with E-state index in [4.69, 9.17) is 5.73 Å². The van der Waals surface area contributed by atoms with Gasteiger partial charge in [-0.1, -0.05) is 0 Å². The highest BCUT2D eigenvalue weighted by Crippen LogP contribution is 2.14. The summed E-state index contributed by atoms with van der Waals surface area (Å²) in [6.07, 6.45) is 2.00. The molecule has 0 aliphatic rings. The Morgan fingerprint density at radius 2 is 2.31 bits per heavy atom. The number of rotatable bonds is 3. The average molecular weight is 205 g/mol. The van der Waals surface area contributed by atoms with E-state index in [0.717, 1.165) is 12.5 Å². The van der Waals surface area contributed by atoms with Crippen LogP contribution in [0.4, 0.5) is 0 Å². The highest BCUT2D eigenvalue weighted by Gasteiger charge is 2.16. The third-order valence-electron chi connectivity index (χ3n) is 1.10. The molecule has 3 N–H and O–H groups in total. The van der Waals surface area contributed by atoms with Crippen LogP contribution in [0.25, 0.3) is 0 Å². The lowest BCUT2D eigenvalue weighted by molar-refractivity contribution is 0.0999. The van der Waals surface area contributed by atoms with Crippen LogP contribution in [0.15, 0.2) is 6.20 Å². The van der Waals surface area contributed by atoms with Crippen LogP contribution in [0.3, 0.4) is 0 Å². The minimum absolute atomic E-state index is 0.106. The molecule has 0 atom stereocenters. The van der Waals surface area contributed by atoms with Gasteiger partial charge >= 0.3 is 10.1 Å². The molecule has 0 fully saturated rings. The Balaban J connectivity index is 3.02. The molecule has 0 aliphatic heterocycles. The number of carbonyl (C=O) groups is 1. The summed E-state index contributed by atoms with van der Waals surface area (Å²) in [6.45, 7) is 0. The number of hydrogen-bond acceptors (Lipinski definition) is 5. The zero-order valence-electron chi connectivity index (χ0n) is 6.64. The van der Waals surface area contributed by atoms with E-state index in [1.165, 1.54) is 0 Å². The van der Waals surface area contributed by atoms with Crippen molar-refractivity contribution in [2.45, 2.75) is 0 Å². The van der Waals surface area contributed by atoms with Gasteiger partial charge in [-0.3, -0.25) is 9.89 Å². The molecule has 0 unspecified atom stereocenters. The van der Waals surface area contributed by atoms with Crippen molar-refractivity contribution >= 4 is 16.0 Å². The first-order chi connectivity index (χ1) is 5.90. The van der Waals surface area contributed by atoms with E-state index in [1.54, 1.807) is 0 Å². The van der Waals surface area contributed by atoms with E-state index in [9.17, 15) is 13.2 Å². The fourth-order valence-corrected chi connectivity index (χ4v) is 1.07. The van der Waals surface area contributed by atoms with Crippen molar-refractivity contribution in [1.29, 1.82) is 0 Å². The lowest BCUT2D eigenvalue weighted by Gasteiger charge is -1.98. The number of H-pyrrole nitrogens is 1. The number of carbonyl (C=O) groups excluding carboxylic acids is 1. The van der Waals surface area contributed by atoms with Crippen molar-refractivity contribution in [1.82, 2.24) is 10.2 Å². The summed E-state index contributed by atoms with van der Waals surface area (Å²) < 4.78 is 25.7. The normalized spacial score (nSPS) is 11.2. The Hall–Kier alpha value is -1.57. The third-order valence-corrected chi connectivity index (χ3v) is 1.56. The Labute approximate surface area is 74.0 Å². The molecule has 1 heterocycles. The second kappa shape index (κ2) is 3.05. The molecular weight excluding hydrogens is 198 g/mol. The van der Waals surface area contributed by atoms with Gasteiger partial charge in [0.1, 0.15) is 5.56 Å². The quantitative estimate of drug-likeness (QED) is 0.604. The van der Waals surface area contributed by atoms with Gasteiger partial charge in [0.15, 0.2) is 0 Å². The van der Waals surface area contributed by atoms with Crippen molar-refractivity contribution in [2.75, 3.05) is 6.26 Å². The van der Waals surface area contributed by atoms with Crippen molar-refractivity contribution in [2.24, 2.45) is 5.73 Å². The molecular formula is C5H7N3O4S. The first-order valence-corrected chi connectivity index (χ1v) is 4.95. The van der Waals surface area contributed by atoms with E-state index in [1.807, 2.05) is 0 Å². The Morgan fingerprint density at radius 1 is 1.69 bits per heavy atom. The molecule has 1 rings (SSSR count). The van der Waals surface area contributed by atoms with E-state index in [0.29, 0.717) is 0 Å². The first-order valence-electron chi connectivity index (χ1n) is 3.13. The van der Waals surface area contributed by atoms with Crippen LogP contribution in [0.5, 0.6) is 5.88 Å². The summed E-state index contributed by atoms with van der Waals surface area (Å²) in [6, 6.07) is 0. The van der Waals surface area contributed by atoms with Crippen LogP contribution in [-0.2, 0) is 10.1 Å². The summed E-state index contributed by atoms with van der Waals surface area (Å²) in [5, 5.41) is 5.66. The molecule has 0 aromatic carbocycles. The second-order valence-electron chi connectivity index (χ2n) is 2.26. The van der Waals surface area contributed by atoms with Gasteiger partial charge in [0.2, 0.25) is 0 Å². The van der Waals surface area contributed by atoms with Gasteiger partial charge in [-0.25, -0.2) is 0 Å². The number of nitrogens with zero attached hydrogens (tertiary/aromatic N) is 1. The summed E-state index contributed by atoms with van der Waals surface area (Å²) in [5.41, 5.74) is 4.80. The van der Waals surface area contributed by atoms with Crippen molar-refractivity contribution < 1.29 is 17.4 Å². The Morgan fingerprint density at radius 3 is 2.77 bits per heavy atom. The van der Waals surface area contributed by atoms with Gasteiger partial charge < -0.3 is 9.92 Å². The zero-order valence-corrected chi connectivity index (χ0v) is 7.46. The van der Waals surface area contributed by atoms with Gasteiger partial charge in [0.25, 0.3) is 11.8 Å². The number of nitrogens with one attached hydrogen (secondary N) is 1. The lowest BCUT2D eigenvalue weighted by Crippen LogP contribution is -2.14. The van der Waals surface area contributed by atoms with E-state index in [2.05, 4.69) is 14.4 Å². The van der Waals surface area contributed by atoms with Crippen LogP contribution in [-0.4, -0.2) is 30.8 Å². The van der Waals surface area contributed by atoms with E-state index in [-0.39, 0.29) is 11.4 Å². The van der Waals surface area contributed by atoms with Crippen LogP contribution >= 0.6 is 0 Å². The minimum Gasteiger partial charge on any atom is -0.365 e. The Kier molecular flexibility index (Phi) is 2.24. The van der Waals surface area contributed by atoms with Gasteiger partial charge in [0, 0.05) is 6.20 Å². The highest BCUT2D eigenvalue weighted by atomic mass is 32.2. The van der Waals surface area contributed by atoms with E-state index >= 15 is 0 Å². The van der Waals surface area contributed by atoms with Crippen LogP contribution in [0, 0.1) is 0 Å². The van der Waals surface area contributed by atoms with E-state index < -0.39 is 16.0 Å². The molecule has 8 heteroatoms. The molecule has 1 aromatic rings. The molecule has 13 heavy (non-hydrogen) atoms. The van der Waals surface area contributed by atoms with Gasteiger partial charge in [-0.05, 0) is 0 Å². The summed E-state index contributed by atoms with van der Waals surface area (Å²) in [5.74, 6) is -1.15.